The highest BCUT2D eigenvalue weighted by molar-refractivity contribution is 5.16. The van der Waals surface area contributed by atoms with Gasteiger partial charge in [-0.05, 0) is 18.6 Å². The maximum Gasteiger partial charge on any atom is 0.0497 e. The van der Waals surface area contributed by atoms with Crippen LogP contribution in [0.3, 0.4) is 0 Å². The van der Waals surface area contributed by atoms with E-state index in [1.54, 1.807) is 0 Å². The lowest BCUT2D eigenvalue weighted by molar-refractivity contribution is 0.273. The first-order valence-corrected chi connectivity index (χ1v) is 3.77. The molecule has 0 radical (unpaired) electrons. The van der Waals surface area contributed by atoms with E-state index in [9.17, 15) is 0 Å². The van der Waals surface area contributed by atoms with E-state index in [-0.39, 0.29) is 12.5 Å². The summed E-state index contributed by atoms with van der Waals surface area (Å²) < 4.78 is 0. The summed E-state index contributed by atoms with van der Waals surface area (Å²) in [6.07, 6.45) is 1.82. The van der Waals surface area contributed by atoms with Gasteiger partial charge in [0.15, 0.2) is 0 Å². The van der Waals surface area contributed by atoms with Gasteiger partial charge in [-0.25, -0.2) is 0 Å². The molecule has 1 heterocycles. The Hall–Kier alpha value is -0.890. The minimum absolute atomic E-state index is 0.185. The molecule has 1 aromatic heterocycles. The van der Waals surface area contributed by atoms with Crippen LogP contribution in [-0.4, -0.2) is 16.7 Å². The maximum absolute atomic E-state index is 8.83. The van der Waals surface area contributed by atoms with Crippen molar-refractivity contribution in [2.45, 2.75) is 19.8 Å². The molecule has 0 aliphatic heterocycles. The van der Waals surface area contributed by atoms with Gasteiger partial charge in [-0.1, -0.05) is 13.0 Å². The predicted octanol–water partition coefficient (Wildman–Crippen LogP) is 1.49. The van der Waals surface area contributed by atoms with Crippen molar-refractivity contribution in [2.24, 2.45) is 0 Å². The summed E-state index contributed by atoms with van der Waals surface area (Å²) in [7, 11) is 0. The third-order valence-corrected chi connectivity index (χ3v) is 1.78. The van der Waals surface area contributed by atoms with Crippen molar-refractivity contribution in [3.8, 4) is 0 Å². The zero-order valence-electron chi connectivity index (χ0n) is 6.91. The summed E-state index contributed by atoms with van der Waals surface area (Å²) in [5, 5.41) is 8.83. The normalized spacial score (nSPS) is 13.0. The van der Waals surface area contributed by atoms with Gasteiger partial charge in [0.05, 0.1) is 0 Å². The number of aromatic nitrogens is 1. The molecule has 0 unspecified atom stereocenters. The molecule has 1 aromatic rings. The van der Waals surface area contributed by atoms with Crippen molar-refractivity contribution in [2.75, 3.05) is 6.61 Å². The molecule has 0 fully saturated rings. The fourth-order valence-corrected chi connectivity index (χ4v) is 0.876. The fourth-order valence-electron chi connectivity index (χ4n) is 0.876. The first-order valence-electron chi connectivity index (χ1n) is 3.77. The first-order chi connectivity index (χ1) is 5.24. The minimum atomic E-state index is 0.185. The highest BCUT2D eigenvalue weighted by Crippen LogP contribution is 2.12. The minimum Gasteiger partial charge on any atom is -0.396 e. The quantitative estimate of drug-likeness (QED) is 0.694. The fraction of sp³-hybridized carbons (Fsp3) is 0.444. The average Bonchev–Trinajstić information content (AvgIpc) is 2.05. The van der Waals surface area contributed by atoms with Crippen LogP contribution in [0.2, 0.25) is 0 Å². The van der Waals surface area contributed by atoms with Crippen molar-refractivity contribution in [1.29, 1.82) is 0 Å². The van der Waals surface area contributed by atoms with Gasteiger partial charge in [0, 0.05) is 24.4 Å². The molecular formula is C9H13NO. The van der Waals surface area contributed by atoms with Crippen molar-refractivity contribution < 1.29 is 5.11 Å². The molecule has 0 amide bonds. The molecule has 0 aliphatic rings. The van der Waals surface area contributed by atoms with Crippen LogP contribution in [-0.2, 0) is 0 Å². The number of hydrogen-bond donors (Lipinski definition) is 1. The summed E-state index contributed by atoms with van der Waals surface area (Å²) in [6.45, 7) is 4.12. The van der Waals surface area contributed by atoms with Crippen molar-refractivity contribution in [3.63, 3.8) is 0 Å². The van der Waals surface area contributed by atoms with Crippen LogP contribution in [0.4, 0.5) is 0 Å². The number of aliphatic hydroxyl groups is 1. The number of hydrogen-bond acceptors (Lipinski definition) is 2. The largest absolute Gasteiger partial charge is 0.396 e. The van der Waals surface area contributed by atoms with E-state index < -0.39 is 0 Å². The van der Waals surface area contributed by atoms with Crippen LogP contribution in [0.1, 0.15) is 24.1 Å². The van der Waals surface area contributed by atoms with Crippen LogP contribution >= 0.6 is 0 Å². The van der Waals surface area contributed by atoms with Gasteiger partial charge in [0.25, 0.3) is 0 Å². The smallest absolute Gasteiger partial charge is 0.0497 e. The molecule has 0 saturated heterocycles. The molecule has 2 heteroatoms. The second-order valence-electron chi connectivity index (χ2n) is 2.82. The van der Waals surface area contributed by atoms with E-state index in [0.29, 0.717) is 0 Å². The van der Waals surface area contributed by atoms with Crippen LogP contribution < -0.4 is 0 Å². The molecule has 2 nitrogen and oxygen atoms in total. The van der Waals surface area contributed by atoms with Gasteiger partial charge in [-0.3, -0.25) is 4.98 Å². The Labute approximate surface area is 66.9 Å². The molecule has 0 aliphatic carbocycles. The van der Waals surface area contributed by atoms with Gasteiger partial charge in [0.1, 0.15) is 0 Å². The van der Waals surface area contributed by atoms with E-state index in [1.165, 1.54) is 0 Å². The van der Waals surface area contributed by atoms with Crippen LogP contribution in [0.15, 0.2) is 18.3 Å². The predicted molar refractivity (Wildman–Crippen MR) is 44.5 cm³/mol. The van der Waals surface area contributed by atoms with Gasteiger partial charge in [0.2, 0.25) is 0 Å². The number of rotatable bonds is 2. The van der Waals surface area contributed by atoms with E-state index in [0.717, 1.165) is 11.3 Å². The van der Waals surface area contributed by atoms with E-state index in [2.05, 4.69) is 4.98 Å². The summed E-state index contributed by atoms with van der Waals surface area (Å²) in [4.78, 5) is 4.14. The standard InChI is InChI=1S/C9H13NO/c1-7(6-11)9-4-3-8(2)10-5-9/h3-5,7,11H,6H2,1-2H3/t7-/m0/s1. The number of aliphatic hydroxyl groups excluding tert-OH is 1. The number of pyridine rings is 1. The molecule has 1 N–H and O–H groups in total. The van der Waals surface area contributed by atoms with Gasteiger partial charge >= 0.3 is 0 Å². The lowest BCUT2D eigenvalue weighted by atomic mass is 10.0. The van der Waals surface area contributed by atoms with Crippen molar-refractivity contribution in [3.05, 3.63) is 29.6 Å². The third-order valence-electron chi connectivity index (χ3n) is 1.78. The molecule has 0 spiro atoms. The summed E-state index contributed by atoms with van der Waals surface area (Å²) in [5.41, 5.74) is 2.11. The van der Waals surface area contributed by atoms with Gasteiger partial charge < -0.3 is 5.11 Å². The Balaban J connectivity index is 2.81. The SMILES string of the molecule is Cc1ccc([C@@H](C)CO)cn1. The molecular weight excluding hydrogens is 138 g/mol. The molecule has 60 valence electrons. The molecule has 1 rings (SSSR count). The Bertz CT molecular complexity index is 218. The first kappa shape index (κ1) is 8.21. The Morgan fingerprint density at radius 3 is 2.73 bits per heavy atom. The summed E-state index contributed by atoms with van der Waals surface area (Å²) in [6, 6.07) is 3.96. The van der Waals surface area contributed by atoms with Crippen LogP contribution in [0, 0.1) is 6.92 Å². The van der Waals surface area contributed by atoms with E-state index in [4.69, 9.17) is 5.11 Å². The van der Waals surface area contributed by atoms with Crippen molar-refractivity contribution in [1.82, 2.24) is 4.98 Å². The van der Waals surface area contributed by atoms with E-state index in [1.807, 2.05) is 32.2 Å². The monoisotopic (exact) mass is 151 g/mol. The third kappa shape index (κ3) is 2.02. The Morgan fingerprint density at radius 2 is 2.27 bits per heavy atom. The lowest BCUT2D eigenvalue weighted by Gasteiger charge is -2.06. The van der Waals surface area contributed by atoms with Crippen LogP contribution in [0.25, 0.3) is 0 Å². The maximum atomic E-state index is 8.83. The van der Waals surface area contributed by atoms with Gasteiger partial charge in [-0.15, -0.1) is 0 Å². The molecule has 0 saturated carbocycles. The molecule has 0 bridgehead atoms. The second kappa shape index (κ2) is 3.49. The Kier molecular flexibility index (Phi) is 2.60. The second-order valence-corrected chi connectivity index (χ2v) is 2.82. The van der Waals surface area contributed by atoms with Crippen molar-refractivity contribution >= 4 is 0 Å². The topological polar surface area (TPSA) is 33.1 Å². The zero-order chi connectivity index (χ0) is 8.27. The molecule has 1 atom stereocenters. The average molecular weight is 151 g/mol. The number of aryl methyl sites for hydroxylation is 1. The molecule has 0 aromatic carbocycles. The highest BCUT2D eigenvalue weighted by Gasteiger charge is 2.02. The molecule has 11 heavy (non-hydrogen) atoms. The summed E-state index contributed by atoms with van der Waals surface area (Å²) in [5.74, 6) is 0.197. The summed E-state index contributed by atoms with van der Waals surface area (Å²) >= 11 is 0. The Morgan fingerprint density at radius 1 is 1.55 bits per heavy atom. The highest BCUT2D eigenvalue weighted by atomic mass is 16.3. The zero-order valence-corrected chi connectivity index (χ0v) is 6.91. The van der Waals surface area contributed by atoms with E-state index >= 15 is 0 Å². The van der Waals surface area contributed by atoms with Crippen LogP contribution in [0.5, 0.6) is 0 Å². The number of nitrogens with zero attached hydrogens (tertiary/aromatic N) is 1. The lowest BCUT2D eigenvalue weighted by Crippen LogP contribution is -1.99. The van der Waals surface area contributed by atoms with Gasteiger partial charge in [-0.2, -0.15) is 0 Å².